The largest absolute Gasteiger partial charge is 0.340 e. The highest BCUT2D eigenvalue weighted by Crippen LogP contribution is 2.14. The molecular formula is C21H23N3O2. The Labute approximate surface area is 154 Å². The number of carbonyl (C=O) groups excluding carboxylic acids is 2. The molecule has 0 unspecified atom stereocenters. The van der Waals surface area contributed by atoms with Crippen molar-refractivity contribution in [3.63, 3.8) is 0 Å². The van der Waals surface area contributed by atoms with Gasteiger partial charge in [0.2, 0.25) is 5.91 Å². The number of nitrogens with one attached hydrogen (secondary N) is 2. The Morgan fingerprint density at radius 3 is 2.31 bits per heavy atom. The van der Waals surface area contributed by atoms with Crippen LogP contribution in [0, 0.1) is 17.2 Å². The summed E-state index contributed by atoms with van der Waals surface area (Å²) in [6.07, 6.45) is 1.09. The number of benzene rings is 2. The van der Waals surface area contributed by atoms with Crippen LogP contribution < -0.4 is 10.6 Å². The summed E-state index contributed by atoms with van der Waals surface area (Å²) in [5.74, 6) is -0.535. The maximum Gasteiger partial charge on any atom is 0.251 e. The van der Waals surface area contributed by atoms with Gasteiger partial charge in [0, 0.05) is 11.3 Å². The van der Waals surface area contributed by atoms with E-state index < -0.39 is 6.04 Å². The van der Waals surface area contributed by atoms with Gasteiger partial charge in [0.05, 0.1) is 12.5 Å². The Bertz CT molecular complexity index is 779. The van der Waals surface area contributed by atoms with Crippen molar-refractivity contribution in [2.75, 3.05) is 5.32 Å². The molecule has 2 aromatic carbocycles. The van der Waals surface area contributed by atoms with Gasteiger partial charge in [-0.3, -0.25) is 9.59 Å². The molecule has 2 N–H and O–H groups in total. The van der Waals surface area contributed by atoms with Crippen LogP contribution in [0.3, 0.4) is 0 Å². The first-order chi connectivity index (χ1) is 12.5. The molecule has 2 rings (SSSR count). The molecule has 134 valence electrons. The number of hydrogen-bond donors (Lipinski definition) is 2. The summed E-state index contributed by atoms with van der Waals surface area (Å²) in [7, 11) is 0. The van der Waals surface area contributed by atoms with Crippen LogP contribution in [0.1, 0.15) is 36.2 Å². The summed E-state index contributed by atoms with van der Waals surface area (Å²) in [6.45, 7) is 3.92. The van der Waals surface area contributed by atoms with Crippen molar-refractivity contribution in [2.45, 2.75) is 32.7 Å². The van der Waals surface area contributed by atoms with E-state index >= 15 is 0 Å². The van der Waals surface area contributed by atoms with Gasteiger partial charge in [0.1, 0.15) is 6.04 Å². The molecule has 0 radical (unpaired) electrons. The Morgan fingerprint density at radius 1 is 1.08 bits per heavy atom. The van der Waals surface area contributed by atoms with Crippen LogP contribution in [-0.2, 0) is 11.2 Å². The number of nitriles is 1. The third-order valence-corrected chi connectivity index (χ3v) is 4.32. The SMILES string of the molecule is CC[C@H](C)[C@H](NC(=O)c1ccccc1)C(=O)Nc1ccc(CC#N)cc1. The zero-order chi connectivity index (χ0) is 18.9. The maximum atomic E-state index is 12.7. The molecule has 0 aliphatic rings. The zero-order valence-corrected chi connectivity index (χ0v) is 15.0. The number of nitrogens with zero attached hydrogens (tertiary/aromatic N) is 1. The first kappa shape index (κ1) is 19.2. The van der Waals surface area contributed by atoms with Gasteiger partial charge in [-0.2, -0.15) is 5.26 Å². The summed E-state index contributed by atoms with van der Waals surface area (Å²) >= 11 is 0. The summed E-state index contributed by atoms with van der Waals surface area (Å²) in [4.78, 5) is 25.1. The fourth-order valence-electron chi connectivity index (χ4n) is 2.53. The molecule has 26 heavy (non-hydrogen) atoms. The molecule has 0 bridgehead atoms. The smallest absolute Gasteiger partial charge is 0.251 e. The molecule has 0 saturated heterocycles. The van der Waals surface area contributed by atoms with Crippen LogP contribution in [0.25, 0.3) is 0 Å². The highest BCUT2D eigenvalue weighted by Gasteiger charge is 2.26. The van der Waals surface area contributed by atoms with Crippen molar-refractivity contribution in [3.05, 3.63) is 65.7 Å². The first-order valence-corrected chi connectivity index (χ1v) is 8.67. The van der Waals surface area contributed by atoms with E-state index in [0.29, 0.717) is 17.7 Å². The quantitative estimate of drug-likeness (QED) is 0.802. The van der Waals surface area contributed by atoms with Gasteiger partial charge in [-0.05, 0) is 35.7 Å². The van der Waals surface area contributed by atoms with Crippen molar-refractivity contribution >= 4 is 17.5 Å². The lowest BCUT2D eigenvalue weighted by Crippen LogP contribution is -2.47. The third-order valence-electron chi connectivity index (χ3n) is 4.32. The molecule has 0 aromatic heterocycles. The van der Waals surface area contributed by atoms with Crippen LogP contribution in [0.2, 0.25) is 0 Å². The first-order valence-electron chi connectivity index (χ1n) is 8.67. The normalized spacial score (nSPS) is 12.5. The van der Waals surface area contributed by atoms with Gasteiger partial charge in [-0.1, -0.05) is 50.6 Å². The van der Waals surface area contributed by atoms with Crippen molar-refractivity contribution in [3.8, 4) is 6.07 Å². The lowest BCUT2D eigenvalue weighted by molar-refractivity contribution is -0.119. The van der Waals surface area contributed by atoms with Gasteiger partial charge in [0.15, 0.2) is 0 Å². The molecular weight excluding hydrogens is 326 g/mol. The summed E-state index contributed by atoms with van der Waals surface area (Å²) in [6, 6.07) is 17.4. The molecule has 0 aliphatic carbocycles. The molecule has 2 amide bonds. The van der Waals surface area contributed by atoms with Gasteiger partial charge in [0.25, 0.3) is 5.91 Å². The molecule has 0 heterocycles. The van der Waals surface area contributed by atoms with Crippen LogP contribution in [0.5, 0.6) is 0 Å². The van der Waals surface area contributed by atoms with E-state index in [4.69, 9.17) is 5.26 Å². The van der Waals surface area contributed by atoms with Gasteiger partial charge in [-0.25, -0.2) is 0 Å². The highest BCUT2D eigenvalue weighted by atomic mass is 16.2. The molecule has 0 aliphatic heterocycles. The second-order valence-electron chi connectivity index (χ2n) is 6.22. The Morgan fingerprint density at radius 2 is 1.73 bits per heavy atom. The van der Waals surface area contributed by atoms with Gasteiger partial charge < -0.3 is 10.6 Å². The number of anilines is 1. The third kappa shape index (κ3) is 5.18. The van der Waals surface area contributed by atoms with Crippen LogP contribution in [0.15, 0.2) is 54.6 Å². The van der Waals surface area contributed by atoms with E-state index in [1.807, 2.05) is 19.9 Å². The number of rotatable bonds is 7. The van der Waals surface area contributed by atoms with Crippen LogP contribution >= 0.6 is 0 Å². The fourth-order valence-corrected chi connectivity index (χ4v) is 2.53. The number of amides is 2. The fraction of sp³-hybridized carbons (Fsp3) is 0.286. The standard InChI is InChI=1S/C21H23N3O2/c1-3-15(2)19(24-20(25)17-7-5-4-6-8-17)21(26)23-18-11-9-16(10-12-18)13-14-22/h4-12,15,19H,3,13H2,1-2H3,(H,23,26)(H,24,25)/t15-,19-/m0/s1. The van der Waals surface area contributed by atoms with E-state index in [9.17, 15) is 9.59 Å². The van der Waals surface area contributed by atoms with Crippen molar-refractivity contribution in [1.82, 2.24) is 5.32 Å². The van der Waals surface area contributed by atoms with Gasteiger partial charge in [-0.15, -0.1) is 0 Å². The van der Waals surface area contributed by atoms with E-state index in [0.717, 1.165) is 12.0 Å². The number of carbonyl (C=O) groups is 2. The molecule has 5 nitrogen and oxygen atoms in total. The Hall–Kier alpha value is -3.13. The van der Waals surface area contributed by atoms with Crippen LogP contribution in [0.4, 0.5) is 5.69 Å². The summed E-state index contributed by atoms with van der Waals surface area (Å²) < 4.78 is 0. The van der Waals surface area contributed by atoms with E-state index in [1.54, 1.807) is 48.5 Å². The molecule has 0 spiro atoms. The molecule has 5 heteroatoms. The number of hydrogen-bond acceptors (Lipinski definition) is 3. The molecule has 0 fully saturated rings. The lowest BCUT2D eigenvalue weighted by atomic mass is 9.97. The van der Waals surface area contributed by atoms with E-state index in [2.05, 4.69) is 16.7 Å². The van der Waals surface area contributed by atoms with Crippen molar-refractivity contribution < 1.29 is 9.59 Å². The minimum Gasteiger partial charge on any atom is -0.340 e. The second-order valence-corrected chi connectivity index (χ2v) is 6.22. The Kier molecular flexibility index (Phi) is 6.92. The average Bonchev–Trinajstić information content (AvgIpc) is 2.67. The minimum atomic E-state index is -0.633. The van der Waals surface area contributed by atoms with Gasteiger partial charge >= 0.3 is 0 Å². The second kappa shape index (κ2) is 9.38. The minimum absolute atomic E-state index is 0.0134. The predicted molar refractivity (Wildman–Crippen MR) is 102 cm³/mol. The topological polar surface area (TPSA) is 82.0 Å². The summed E-state index contributed by atoms with van der Waals surface area (Å²) in [5.41, 5.74) is 2.05. The van der Waals surface area contributed by atoms with E-state index in [1.165, 1.54) is 0 Å². The van der Waals surface area contributed by atoms with Crippen molar-refractivity contribution in [1.29, 1.82) is 5.26 Å². The van der Waals surface area contributed by atoms with Crippen molar-refractivity contribution in [2.24, 2.45) is 5.92 Å². The molecule has 2 atom stereocenters. The van der Waals surface area contributed by atoms with E-state index in [-0.39, 0.29) is 17.7 Å². The zero-order valence-electron chi connectivity index (χ0n) is 15.0. The average molecular weight is 349 g/mol. The Balaban J connectivity index is 2.09. The maximum absolute atomic E-state index is 12.7. The molecule has 2 aromatic rings. The predicted octanol–water partition coefficient (Wildman–Crippen LogP) is 3.54. The lowest BCUT2D eigenvalue weighted by Gasteiger charge is -2.23. The van der Waals surface area contributed by atoms with Crippen LogP contribution in [-0.4, -0.2) is 17.9 Å². The molecule has 0 saturated carbocycles. The highest BCUT2D eigenvalue weighted by molar-refractivity contribution is 6.01. The monoisotopic (exact) mass is 349 g/mol. The summed E-state index contributed by atoms with van der Waals surface area (Å²) in [5, 5.41) is 14.4.